The summed E-state index contributed by atoms with van der Waals surface area (Å²) in [6.07, 6.45) is 8.18. The van der Waals surface area contributed by atoms with E-state index < -0.39 is 0 Å². The number of fused-ring (bicyclic) bond motifs is 1. The van der Waals surface area contributed by atoms with Gasteiger partial charge in [-0.3, -0.25) is 0 Å². The van der Waals surface area contributed by atoms with Gasteiger partial charge in [0.05, 0.1) is 7.11 Å². The zero-order valence-corrected chi connectivity index (χ0v) is 11.9. The molecule has 1 aliphatic carbocycles. The highest BCUT2D eigenvalue weighted by atomic mass is 16.5. The molecule has 1 N–H and O–H groups in total. The molecule has 3 rings (SSSR count). The molecule has 0 fully saturated rings. The molecule has 104 valence electrons. The standard InChI is InChI=1S/C18H21NO/c1-20-18-10-9-15-11-14(7-8-16(15)12-18)13-19-17-5-3-2-4-6-17/h2-3,7-12,17,19H,4-6,13H2,1H3. The van der Waals surface area contributed by atoms with Gasteiger partial charge in [0.15, 0.2) is 0 Å². The number of allylic oxidation sites excluding steroid dienone is 1. The van der Waals surface area contributed by atoms with Crippen LogP contribution < -0.4 is 10.1 Å². The Labute approximate surface area is 120 Å². The third-order valence-corrected chi connectivity index (χ3v) is 3.98. The molecular weight excluding hydrogens is 246 g/mol. The fourth-order valence-corrected chi connectivity index (χ4v) is 2.75. The Bertz CT molecular complexity index is 618. The van der Waals surface area contributed by atoms with E-state index in [9.17, 15) is 0 Å². The maximum Gasteiger partial charge on any atom is 0.119 e. The number of ether oxygens (including phenoxy) is 1. The molecule has 20 heavy (non-hydrogen) atoms. The second-order valence-electron chi connectivity index (χ2n) is 5.41. The molecule has 2 aromatic rings. The summed E-state index contributed by atoms with van der Waals surface area (Å²) < 4.78 is 5.26. The van der Waals surface area contributed by atoms with Crippen LogP contribution in [0.3, 0.4) is 0 Å². The van der Waals surface area contributed by atoms with Crippen LogP contribution in [0, 0.1) is 0 Å². The van der Waals surface area contributed by atoms with Crippen LogP contribution in [0.15, 0.2) is 48.6 Å². The normalized spacial score (nSPS) is 18.4. The van der Waals surface area contributed by atoms with Gasteiger partial charge in [0.25, 0.3) is 0 Å². The minimum absolute atomic E-state index is 0.631. The molecule has 0 aliphatic heterocycles. The van der Waals surface area contributed by atoms with Gasteiger partial charge in [0.2, 0.25) is 0 Å². The Morgan fingerprint density at radius 3 is 2.75 bits per heavy atom. The summed E-state index contributed by atoms with van der Waals surface area (Å²) in [6.45, 7) is 0.945. The molecule has 0 bridgehead atoms. The monoisotopic (exact) mass is 267 g/mol. The van der Waals surface area contributed by atoms with Crippen molar-refractivity contribution >= 4 is 10.8 Å². The molecule has 0 spiro atoms. The lowest BCUT2D eigenvalue weighted by Crippen LogP contribution is -2.29. The van der Waals surface area contributed by atoms with E-state index in [2.05, 4.69) is 47.8 Å². The second-order valence-corrected chi connectivity index (χ2v) is 5.41. The highest BCUT2D eigenvalue weighted by molar-refractivity contribution is 5.84. The van der Waals surface area contributed by atoms with E-state index in [1.807, 2.05) is 6.07 Å². The maximum absolute atomic E-state index is 5.26. The van der Waals surface area contributed by atoms with Crippen LogP contribution in [-0.2, 0) is 6.54 Å². The van der Waals surface area contributed by atoms with Crippen molar-refractivity contribution in [3.63, 3.8) is 0 Å². The quantitative estimate of drug-likeness (QED) is 0.844. The van der Waals surface area contributed by atoms with Crippen molar-refractivity contribution in [3.05, 3.63) is 54.1 Å². The molecule has 0 saturated heterocycles. The van der Waals surface area contributed by atoms with Crippen LogP contribution >= 0.6 is 0 Å². The Kier molecular flexibility index (Phi) is 4.03. The smallest absolute Gasteiger partial charge is 0.119 e. The summed E-state index contributed by atoms with van der Waals surface area (Å²) in [7, 11) is 1.71. The number of benzene rings is 2. The highest BCUT2D eigenvalue weighted by Gasteiger charge is 2.08. The average Bonchev–Trinajstić information content (AvgIpc) is 2.53. The largest absolute Gasteiger partial charge is 0.497 e. The minimum Gasteiger partial charge on any atom is -0.497 e. The van der Waals surface area contributed by atoms with Crippen LogP contribution in [0.25, 0.3) is 10.8 Å². The number of rotatable bonds is 4. The van der Waals surface area contributed by atoms with E-state index in [1.165, 1.54) is 29.2 Å². The van der Waals surface area contributed by atoms with Gasteiger partial charge in [-0.2, -0.15) is 0 Å². The zero-order valence-electron chi connectivity index (χ0n) is 11.9. The molecule has 2 aromatic carbocycles. The van der Waals surface area contributed by atoms with Gasteiger partial charge in [-0.1, -0.05) is 30.4 Å². The maximum atomic E-state index is 5.26. The number of methoxy groups -OCH3 is 1. The molecule has 1 unspecified atom stereocenters. The summed E-state index contributed by atoms with van der Waals surface area (Å²) in [5, 5.41) is 6.15. The second kappa shape index (κ2) is 6.10. The van der Waals surface area contributed by atoms with Gasteiger partial charge < -0.3 is 10.1 Å². The van der Waals surface area contributed by atoms with E-state index in [4.69, 9.17) is 4.74 Å². The van der Waals surface area contributed by atoms with Gasteiger partial charge in [0.1, 0.15) is 5.75 Å². The van der Waals surface area contributed by atoms with Gasteiger partial charge in [-0.15, -0.1) is 0 Å². The van der Waals surface area contributed by atoms with Crippen LogP contribution in [0.4, 0.5) is 0 Å². The third kappa shape index (κ3) is 3.02. The van der Waals surface area contributed by atoms with Gasteiger partial charge in [-0.05, 0) is 53.8 Å². The van der Waals surface area contributed by atoms with Gasteiger partial charge >= 0.3 is 0 Å². The lowest BCUT2D eigenvalue weighted by Gasteiger charge is -2.19. The Morgan fingerprint density at radius 2 is 1.95 bits per heavy atom. The molecule has 2 nitrogen and oxygen atoms in total. The summed E-state index contributed by atoms with van der Waals surface area (Å²) >= 11 is 0. The number of hydrogen-bond donors (Lipinski definition) is 1. The fraction of sp³-hybridized carbons (Fsp3) is 0.333. The Morgan fingerprint density at radius 1 is 1.10 bits per heavy atom. The van der Waals surface area contributed by atoms with Crippen molar-refractivity contribution in [2.45, 2.75) is 31.8 Å². The first-order chi connectivity index (χ1) is 9.85. The van der Waals surface area contributed by atoms with Crippen LogP contribution in [0.2, 0.25) is 0 Å². The zero-order chi connectivity index (χ0) is 13.8. The van der Waals surface area contributed by atoms with Crippen molar-refractivity contribution in [1.29, 1.82) is 0 Å². The summed E-state index contributed by atoms with van der Waals surface area (Å²) in [5.74, 6) is 0.914. The van der Waals surface area contributed by atoms with E-state index >= 15 is 0 Å². The number of nitrogens with one attached hydrogen (secondary N) is 1. The molecule has 0 amide bonds. The van der Waals surface area contributed by atoms with Crippen LogP contribution in [0.5, 0.6) is 5.75 Å². The van der Waals surface area contributed by atoms with Crippen molar-refractivity contribution in [1.82, 2.24) is 5.32 Å². The van der Waals surface area contributed by atoms with Crippen molar-refractivity contribution in [2.24, 2.45) is 0 Å². The first kappa shape index (κ1) is 13.2. The number of hydrogen-bond acceptors (Lipinski definition) is 2. The lowest BCUT2D eigenvalue weighted by atomic mass is 10.0. The van der Waals surface area contributed by atoms with E-state index in [0.717, 1.165) is 18.7 Å². The van der Waals surface area contributed by atoms with E-state index in [-0.39, 0.29) is 0 Å². The summed E-state index contributed by atoms with van der Waals surface area (Å²) in [5.41, 5.74) is 1.34. The van der Waals surface area contributed by atoms with E-state index in [0.29, 0.717) is 6.04 Å². The summed E-state index contributed by atoms with van der Waals surface area (Å²) in [6, 6.07) is 13.5. The predicted octanol–water partition coefficient (Wildman–Crippen LogP) is 4.05. The topological polar surface area (TPSA) is 21.3 Å². The molecule has 0 heterocycles. The van der Waals surface area contributed by atoms with E-state index in [1.54, 1.807) is 7.11 Å². The SMILES string of the molecule is COc1ccc2cc(CNC3CC=CCC3)ccc2c1. The third-order valence-electron chi connectivity index (χ3n) is 3.98. The molecule has 0 radical (unpaired) electrons. The highest BCUT2D eigenvalue weighted by Crippen LogP contribution is 2.22. The lowest BCUT2D eigenvalue weighted by molar-refractivity contribution is 0.415. The van der Waals surface area contributed by atoms with Gasteiger partial charge in [-0.25, -0.2) is 0 Å². The fourth-order valence-electron chi connectivity index (χ4n) is 2.75. The first-order valence-corrected chi connectivity index (χ1v) is 7.30. The van der Waals surface area contributed by atoms with Crippen molar-refractivity contribution < 1.29 is 4.74 Å². The molecule has 1 atom stereocenters. The molecule has 1 aliphatic rings. The first-order valence-electron chi connectivity index (χ1n) is 7.30. The summed E-state index contributed by atoms with van der Waals surface area (Å²) in [4.78, 5) is 0. The Hall–Kier alpha value is -1.80. The van der Waals surface area contributed by atoms with Gasteiger partial charge in [0, 0.05) is 12.6 Å². The van der Waals surface area contributed by atoms with Crippen LogP contribution in [0.1, 0.15) is 24.8 Å². The molecule has 2 heteroatoms. The van der Waals surface area contributed by atoms with Crippen molar-refractivity contribution in [2.75, 3.05) is 7.11 Å². The molecular formula is C18H21NO. The predicted molar refractivity (Wildman–Crippen MR) is 84.1 cm³/mol. The van der Waals surface area contributed by atoms with Crippen molar-refractivity contribution in [3.8, 4) is 5.75 Å². The van der Waals surface area contributed by atoms with Crippen LogP contribution in [-0.4, -0.2) is 13.2 Å². The Balaban J connectivity index is 1.70. The molecule has 0 aromatic heterocycles. The molecule has 0 saturated carbocycles. The minimum atomic E-state index is 0.631. The average molecular weight is 267 g/mol.